The standard InChI is InChI=1S/C17H19Cl2N/c1-2-12-3-5-13(6-4-12)15(11-20)9-14-7-8-16(18)10-17(14)19/h3-8,10,15H,2,9,11,20H2,1H3. The molecule has 0 aromatic heterocycles. The van der Waals surface area contributed by atoms with Gasteiger partial charge in [0.2, 0.25) is 0 Å². The van der Waals surface area contributed by atoms with E-state index in [9.17, 15) is 0 Å². The van der Waals surface area contributed by atoms with Crippen LogP contribution in [0, 0.1) is 0 Å². The van der Waals surface area contributed by atoms with Crippen molar-refractivity contribution in [1.29, 1.82) is 0 Å². The number of nitrogens with two attached hydrogens (primary N) is 1. The molecule has 2 aromatic carbocycles. The van der Waals surface area contributed by atoms with Crippen molar-refractivity contribution in [2.24, 2.45) is 5.73 Å². The minimum Gasteiger partial charge on any atom is -0.330 e. The highest BCUT2D eigenvalue weighted by atomic mass is 35.5. The van der Waals surface area contributed by atoms with Gasteiger partial charge in [0.15, 0.2) is 0 Å². The van der Waals surface area contributed by atoms with Crippen LogP contribution in [0.25, 0.3) is 0 Å². The molecule has 0 saturated carbocycles. The second-order valence-electron chi connectivity index (χ2n) is 4.97. The van der Waals surface area contributed by atoms with E-state index in [1.54, 1.807) is 6.07 Å². The van der Waals surface area contributed by atoms with Crippen molar-refractivity contribution in [3.8, 4) is 0 Å². The van der Waals surface area contributed by atoms with E-state index in [1.807, 2.05) is 12.1 Å². The van der Waals surface area contributed by atoms with Crippen molar-refractivity contribution in [3.63, 3.8) is 0 Å². The Morgan fingerprint density at radius 3 is 2.30 bits per heavy atom. The highest BCUT2D eigenvalue weighted by Gasteiger charge is 2.13. The molecule has 3 heteroatoms. The fourth-order valence-electron chi connectivity index (χ4n) is 2.32. The van der Waals surface area contributed by atoms with E-state index in [0.717, 1.165) is 18.4 Å². The maximum Gasteiger partial charge on any atom is 0.0453 e. The van der Waals surface area contributed by atoms with E-state index < -0.39 is 0 Å². The molecular formula is C17H19Cl2N. The Morgan fingerprint density at radius 1 is 1.05 bits per heavy atom. The van der Waals surface area contributed by atoms with Gasteiger partial charge in [-0.05, 0) is 48.2 Å². The summed E-state index contributed by atoms with van der Waals surface area (Å²) in [6.07, 6.45) is 1.88. The zero-order valence-corrected chi connectivity index (χ0v) is 13.1. The number of hydrogen-bond donors (Lipinski definition) is 1. The highest BCUT2D eigenvalue weighted by Crippen LogP contribution is 2.27. The van der Waals surface area contributed by atoms with Crippen molar-refractivity contribution >= 4 is 23.2 Å². The first-order valence-corrected chi connectivity index (χ1v) is 7.62. The maximum atomic E-state index is 6.24. The fraction of sp³-hybridized carbons (Fsp3) is 0.294. The van der Waals surface area contributed by atoms with Gasteiger partial charge in [-0.1, -0.05) is 60.5 Å². The number of hydrogen-bond acceptors (Lipinski definition) is 1. The van der Waals surface area contributed by atoms with Crippen LogP contribution < -0.4 is 5.73 Å². The summed E-state index contributed by atoms with van der Waals surface area (Å²) in [7, 11) is 0. The molecule has 20 heavy (non-hydrogen) atoms. The van der Waals surface area contributed by atoms with E-state index in [0.29, 0.717) is 16.6 Å². The lowest BCUT2D eigenvalue weighted by Gasteiger charge is -2.17. The lowest BCUT2D eigenvalue weighted by atomic mass is 9.91. The van der Waals surface area contributed by atoms with Crippen LogP contribution in [-0.4, -0.2) is 6.54 Å². The molecule has 0 radical (unpaired) electrons. The number of halogens is 2. The molecule has 0 aliphatic rings. The number of aryl methyl sites for hydroxylation is 1. The van der Waals surface area contributed by atoms with Gasteiger partial charge in [0, 0.05) is 16.0 Å². The number of rotatable bonds is 5. The molecule has 106 valence electrons. The lowest BCUT2D eigenvalue weighted by Crippen LogP contribution is -2.15. The van der Waals surface area contributed by atoms with Crippen molar-refractivity contribution in [3.05, 3.63) is 69.2 Å². The molecule has 0 aliphatic carbocycles. The Balaban J connectivity index is 2.19. The third-order valence-electron chi connectivity index (χ3n) is 3.63. The van der Waals surface area contributed by atoms with Gasteiger partial charge in [-0.25, -0.2) is 0 Å². The van der Waals surface area contributed by atoms with Gasteiger partial charge in [-0.3, -0.25) is 0 Å². The van der Waals surface area contributed by atoms with Crippen LogP contribution in [0.5, 0.6) is 0 Å². The predicted octanol–water partition coefficient (Wildman–Crippen LogP) is 4.84. The smallest absolute Gasteiger partial charge is 0.0453 e. The summed E-state index contributed by atoms with van der Waals surface area (Å²) in [4.78, 5) is 0. The summed E-state index contributed by atoms with van der Waals surface area (Å²) in [5.41, 5.74) is 9.62. The largest absolute Gasteiger partial charge is 0.330 e. The normalized spacial score (nSPS) is 12.4. The molecule has 0 bridgehead atoms. The van der Waals surface area contributed by atoms with Gasteiger partial charge in [-0.2, -0.15) is 0 Å². The van der Waals surface area contributed by atoms with Crippen LogP contribution in [0.1, 0.15) is 29.5 Å². The van der Waals surface area contributed by atoms with Crippen LogP contribution >= 0.6 is 23.2 Å². The lowest BCUT2D eigenvalue weighted by molar-refractivity contribution is 0.694. The van der Waals surface area contributed by atoms with E-state index in [2.05, 4.69) is 31.2 Å². The zero-order chi connectivity index (χ0) is 14.5. The molecule has 0 amide bonds. The second-order valence-corrected chi connectivity index (χ2v) is 5.81. The van der Waals surface area contributed by atoms with E-state index >= 15 is 0 Å². The Hall–Kier alpha value is -1.02. The average molecular weight is 308 g/mol. The predicted molar refractivity (Wildman–Crippen MR) is 87.8 cm³/mol. The van der Waals surface area contributed by atoms with Crippen LogP contribution in [0.15, 0.2) is 42.5 Å². The van der Waals surface area contributed by atoms with Crippen molar-refractivity contribution < 1.29 is 0 Å². The summed E-state index contributed by atoms with van der Waals surface area (Å²) >= 11 is 12.2. The minimum absolute atomic E-state index is 0.277. The van der Waals surface area contributed by atoms with Crippen LogP contribution in [0.3, 0.4) is 0 Å². The Morgan fingerprint density at radius 2 is 1.75 bits per heavy atom. The quantitative estimate of drug-likeness (QED) is 0.840. The van der Waals surface area contributed by atoms with E-state index in [-0.39, 0.29) is 5.92 Å². The summed E-state index contributed by atoms with van der Waals surface area (Å²) in [6, 6.07) is 14.3. The molecule has 1 nitrogen and oxygen atoms in total. The van der Waals surface area contributed by atoms with Gasteiger partial charge in [0.05, 0.1) is 0 Å². The monoisotopic (exact) mass is 307 g/mol. The molecule has 2 N–H and O–H groups in total. The zero-order valence-electron chi connectivity index (χ0n) is 11.6. The van der Waals surface area contributed by atoms with Crippen LogP contribution in [-0.2, 0) is 12.8 Å². The summed E-state index contributed by atoms with van der Waals surface area (Å²) in [5, 5.41) is 1.37. The maximum absolute atomic E-state index is 6.24. The Labute approximate surface area is 130 Å². The first-order valence-electron chi connectivity index (χ1n) is 6.86. The Kier molecular flexibility index (Phi) is 5.47. The van der Waals surface area contributed by atoms with Crippen molar-refractivity contribution in [2.75, 3.05) is 6.54 Å². The molecule has 2 rings (SSSR count). The van der Waals surface area contributed by atoms with Crippen molar-refractivity contribution in [1.82, 2.24) is 0 Å². The molecule has 0 spiro atoms. The molecule has 1 unspecified atom stereocenters. The molecule has 0 fully saturated rings. The molecule has 0 aliphatic heterocycles. The van der Waals surface area contributed by atoms with Gasteiger partial charge in [0.25, 0.3) is 0 Å². The van der Waals surface area contributed by atoms with Gasteiger partial charge >= 0.3 is 0 Å². The van der Waals surface area contributed by atoms with Gasteiger partial charge in [0.1, 0.15) is 0 Å². The topological polar surface area (TPSA) is 26.0 Å². The van der Waals surface area contributed by atoms with Crippen LogP contribution in [0.2, 0.25) is 10.0 Å². The summed E-state index contributed by atoms with van der Waals surface area (Å²) < 4.78 is 0. The molecule has 1 atom stereocenters. The van der Waals surface area contributed by atoms with Gasteiger partial charge in [-0.15, -0.1) is 0 Å². The second kappa shape index (κ2) is 7.12. The average Bonchev–Trinajstić information content (AvgIpc) is 2.47. The minimum atomic E-state index is 0.277. The highest BCUT2D eigenvalue weighted by molar-refractivity contribution is 6.35. The summed E-state index contributed by atoms with van der Waals surface area (Å²) in [5.74, 6) is 0.277. The van der Waals surface area contributed by atoms with E-state index in [1.165, 1.54) is 11.1 Å². The third-order valence-corrected chi connectivity index (χ3v) is 4.21. The van der Waals surface area contributed by atoms with Gasteiger partial charge < -0.3 is 5.73 Å². The first kappa shape index (κ1) is 15.4. The molecule has 0 heterocycles. The third kappa shape index (κ3) is 3.76. The first-order chi connectivity index (χ1) is 9.63. The fourth-order valence-corrected chi connectivity index (χ4v) is 2.80. The molecule has 0 saturated heterocycles. The Bertz CT molecular complexity index is 564. The molecule has 2 aromatic rings. The van der Waals surface area contributed by atoms with Crippen molar-refractivity contribution in [2.45, 2.75) is 25.7 Å². The number of benzene rings is 2. The SMILES string of the molecule is CCc1ccc(C(CN)Cc2ccc(Cl)cc2Cl)cc1. The van der Waals surface area contributed by atoms with E-state index in [4.69, 9.17) is 28.9 Å². The summed E-state index contributed by atoms with van der Waals surface area (Å²) in [6.45, 7) is 2.76. The molecular weight excluding hydrogens is 289 g/mol. The van der Waals surface area contributed by atoms with Crippen LogP contribution in [0.4, 0.5) is 0 Å².